The molecule has 0 fully saturated rings. The van der Waals surface area contributed by atoms with Crippen LogP contribution >= 0.6 is 0 Å². The molecule has 0 aliphatic heterocycles. The van der Waals surface area contributed by atoms with E-state index in [4.69, 9.17) is 4.74 Å². The highest BCUT2D eigenvalue weighted by Gasteiger charge is 2.07. The molecule has 0 unspecified atom stereocenters. The zero-order chi connectivity index (χ0) is 13.6. The molecule has 0 aliphatic carbocycles. The van der Waals surface area contributed by atoms with Crippen LogP contribution in [0.3, 0.4) is 0 Å². The summed E-state index contributed by atoms with van der Waals surface area (Å²) >= 11 is 0. The van der Waals surface area contributed by atoms with Crippen molar-refractivity contribution in [2.45, 2.75) is 78.1 Å². The molecule has 0 radical (unpaired) electrons. The second-order valence-electron chi connectivity index (χ2n) is 4.76. The molecule has 0 N–H and O–H groups in total. The Morgan fingerprint density at radius 1 is 0.833 bits per heavy atom. The maximum Gasteiger partial charge on any atom is 0.313 e. The van der Waals surface area contributed by atoms with Crippen LogP contribution in [0.25, 0.3) is 0 Å². The quantitative estimate of drug-likeness (QED) is 0.301. The molecule has 3 heteroatoms. The van der Waals surface area contributed by atoms with Gasteiger partial charge in [0.2, 0.25) is 0 Å². The Labute approximate surface area is 111 Å². The average Bonchev–Trinajstić information content (AvgIpc) is 2.36. The van der Waals surface area contributed by atoms with Crippen LogP contribution in [-0.2, 0) is 14.3 Å². The van der Waals surface area contributed by atoms with E-state index in [9.17, 15) is 9.59 Å². The van der Waals surface area contributed by atoms with Gasteiger partial charge in [-0.25, -0.2) is 0 Å². The first kappa shape index (κ1) is 17.1. The molecule has 0 amide bonds. The number of hydrogen-bond donors (Lipinski definition) is 0. The van der Waals surface area contributed by atoms with Gasteiger partial charge in [-0.05, 0) is 6.42 Å². The van der Waals surface area contributed by atoms with Crippen LogP contribution in [0.2, 0.25) is 0 Å². The second-order valence-corrected chi connectivity index (χ2v) is 4.76. The van der Waals surface area contributed by atoms with Crippen LogP contribution in [0.4, 0.5) is 0 Å². The molecule has 0 aromatic rings. The maximum atomic E-state index is 11.2. The standard InChI is InChI=1S/C15H28O3/c1-3-5-6-7-8-9-10-11-12-18-15(17)13-14(16)4-2/h3-13H2,1-2H3. The molecule has 0 aromatic heterocycles. The summed E-state index contributed by atoms with van der Waals surface area (Å²) in [6.45, 7) is 4.44. The Morgan fingerprint density at radius 2 is 1.39 bits per heavy atom. The van der Waals surface area contributed by atoms with Gasteiger partial charge < -0.3 is 4.74 Å². The highest BCUT2D eigenvalue weighted by molar-refractivity contribution is 5.95. The molecule has 0 aliphatic rings. The topological polar surface area (TPSA) is 43.4 Å². The summed E-state index contributed by atoms with van der Waals surface area (Å²) in [5.41, 5.74) is 0. The van der Waals surface area contributed by atoms with E-state index in [0.717, 1.165) is 12.8 Å². The molecule has 0 aromatic carbocycles. The van der Waals surface area contributed by atoms with Crippen LogP contribution in [0.5, 0.6) is 0 Å². The SMILES string of the molecule is CCCCCCCCCCOC(=O)CC(=O)CC. The fourth-order valence-electron chi connectivity index (χ4n) is 1.76. The van der Waals surface area contributed by atoms with Gasteiger partial charge >= 0.3 is 5.97 Å². The minimum Gasteiger partial charge on any atom is -0.465 e. The maximum absolute atomic E-state index is 11.2. The molecule has 0 heterocycles. The van der Waals surface area contributed by atoms with Crippen LogP contribution < -0.4 is 0 Å². The zero-order valence-electron chi connectivity index (χ0n) is 12.0. The predicted molar refractivity (Wildman–Crippen MR) is 73.5 cm³/mol. The van der Waals surface area contributed by atoms with E-state index in [1.807, 2.05) is 0 Å². The first-order valence-corrected chi connectivity index (χ1v) is 7.38. The Hall–Kier alpha value is -0.860. The monoisotopic (exact) mass is 256 g/mol. The normalized spacial score (nSPS) is 10.3. The lowest BCUT2D eigenvalue weighted by molar-refractivity contribution is -0.146. The van der Waals surface area contributed by atoms with Gasteiger partial charge in [0.15, 0.2) is 0 Å². The Kier molecular flexibility index (Phi) is 12.0. The van der Waals surface area contributed by atoms with Gasteiger partial charge in [0, 0.05) is 6.42 Å². The molecule has 18 heavy (non-hydrogen) atoms. The molecule has 106 valence electrons. The Morgan fingerprint density at radius 3 is 1.94 bits per heavy atom. The summed E-state index contributed by atoms with van der Waals surface area (Å²) in [6, 6.07) is 0. The lowest BCUT2D eigenvalue weighted by atomic mass is 10.1. The summed E-state index contributed by atoms with van der Waals surface area (Å²) in [7, 11) is 0. The van der Waals surface area contributed by atoms with E-state index < -0.39 is 0 Å². The van der Waals surface area contributed by atoms with Gasteiger partial charge in [0.1, 0.15) is 12.2 Å². The van der Waals surface area contributed by atoms with Crippen LogP contribution in [0.15, 0.2) is 0 Å². The molecule has 0 rings (SSSR count). The van der Waals surface area contributed by atoms with Gasteiger partial charge in [-0.2, -0.15) is 0 Å². The summed E-state index contributed by atoms with van der Waals surface area (Å²) in [5.74, 6) is -0.416. The van der Waals surface area contributed by atoms with Crippen LogP contribution in [0, 0.1) is 0 Å². The summed E-state index contributed by atoms with van der Waals surface area (Å²) < 4.78 is 5.00. The van der Waals surface area contributed by atoms with Crippen molar-refractivity contribution in [1.29, 1.82) is 0 Å². The second kappa shape index (κ2) is 12.6. The van der Waals surface area contributed by atoms with Gasteiger partial charge in [0.05, 0.1) is 6.61 Å². The highest BCUT2D eigenvalue weighted by Crippen LogP contribution is 2.08. The Bertz CT molecular complexity index is 224. The first-order valence-electron chi connectivity index (χ1n) is 7.38. The third-order valence-electron chi connectivity index (χ3n) is 3.00. The van der Waals surface area contributed by atoms with E-state index in [0.29, 0.717) is 13.0 Å². The highest BCUT2D eigenvalue weighted by atomic mass is 16.5. The van der Waals surface area contributed by atoms with E-state index >= 15 is 0 Å². The largest absolute Gasteiger partial charge is 0.465 e. The third-order valence-corrected chi connectivity index (χ3v) is 3.00. The number of esters is 1. The number of carbonyl (C=O) groups excluding carboxylic acids is 2. The zero-order valence-corrected chi connectivity index (χ0v) is 12.0. The van der Waals surface area contributed by atoms with Gasteiger partial charge in [-0.3, -0.25) is 9.59 Å². The van der Waals surface area contributed by atoms with Gasteiger partial charge in [-0.1, -0.05) is 58.8 Å². The predicted octanol–water partition coefficient (Wildman–Crippen LogP) is 4.04. The van der Waals surface area contributed by atoms with E-state index in [-0.39, 0.29) is 18.2 Å². The van der Waals surface area contributed by atoms with E-state index in [1.165, 1.54) is 38.5 Å². The number of Topliss-reactive ketones (excluding diaryl/α,β-unsaturated/α-hetero) is 1. The summed E-state index contributed by atoms with van der Waals surface area (Å²) in [5, 5.41) is 0. The van der Waals surface area contributed by atoms with Crippen molar-refractivity contribution in [1.82, 2.24) is 0 Å². The minimum atomic E-state index is -0.371. The fourth-order valence-corrected chi connectivity index (χ4v) is 1.76. The lowest BCUT2D eigenvalue weighted by Crippen LogP contribution is -2.11. The molecular weight excluding hydrogens is 228 g/mol. The number of ether oxygens (including phenoxy) is 1. The molecule has 3 nitrogen and oxygen atoms in total. The number of unbranched alkanes of at least 4 members (excludes halogenated alkanes) is 7. The number of rotatable bonds is 12. The average molecular weight is 256 g/mol. The smallest absolute Gasteiger partial charge is 0.313 e. The first-order chi connectivity index (χ1) is 8.70. The van der Waals surface area contributed by atoms with Crippen LogP contribution in [0.1, 0.15) is 78.1 Å². The summed E-state index contributed by atoms with van der Waals surface area (Å²) in [6.07, 6.45) is 10.2. The van der Waals surface area contributed by atoms with Crippen molar-refractivity contribution in [2.75, 3.05) is 6.61 Å². The fraction of sp³-hybridized carbons (Fsp3) is 0.867. The lowest BCUT2D eigenvalue weighted by Gasteiger charge is -2.04. The van der Waals surface area contributed by atoms with Crippen LogP contribution in [-0.4, -0.2) is 18.4 Å². The molecule has 0 atom stereocenters. The minimum absolute atomic E-state index is 0.0454. The van der Waals surface area contributed by atoms with Crippen molar-refractivity contribution in [3.8, 4) is 0 Å². The summed E-state index contributed by atoms with van der Waals surface area (Å²) in [4.78, 5) is 22.2. The van der Waals surface area contributed by atoms with Crippen molar-refractivity contribution in [3.63, 3.8) is 0 Å². The number of ketones is 1. The molecule has 0 spiro atoms. The van der Waals surface area contributed by atoms with Crippen molar-refractivity contribution < 1.29 is 14.3 Å². The number of hydrogen-bond acceptors (Lipinski definition) is 3. The van der Waals surface area contributed by atoms with E-state index in [1.54, 1.807) is 6.92 Å². The molecular formula is C15H28O3. The molecule has 0 bridgehead atoms. The molecule has 0 saturated carbocycles. The Balaban J connectivity index is 3.20. The van der Waals surface area contributed by atoms with E-state index in [2.05, 4.69) is 6.92 Å². The van der Waals surface area contributed by atoms with Crippen molar-refractivity contribution in [3.05, 3.63) is 0 Å². The van der Waals surface area contributed by atoms with Gasteiger partial charge in [0.25, 0.3) is 0 Å². The van der Waals surface area contributed by atoms with Crippen molar-refractivity contribution >= 4 is 11.8 Å². The van der Waals surface area contributed by atoms with Gasteiger partial charge in [-0.15, -0.1) is 0 Å². The molecule has 0 saturated heterocycles. The van der Waals surface area contributed by atoms with Crippen molar-refractivity contribution in [2.24, 2.45) is 0 Å². The third kappa shape index (κ3) is 11.6. The number of carbonyl (C=O) groups is 2.